The lowest BCUT2D eigenvalue weighted by molar-refractivity contribution is 0.669. The van der Waals surface area contributed by atoms with Gasteiger partial charge in [-0.15, -0.1) is 22.7 Å². The van der Waals surface area contributed by atoms with E-state index in [0.29, 0.717) is 17.5 Å². The van der Waals surface area contributed by atoms with Crippen LogP contribution >= 0.6 is 22.7 Å². The van der Waals surface area contributed by atoms with Crippen molar-refractivity contribution in [1.82, 2.24) is 24.9 Å². The van der Waals surface area contributed by atoms with Gasteiger partial charge in [0.25, 0.3) is 0 Å². The molecule has 11 aromatic rings. The molecule has 0 atom stereocenters. The molecule has 0 spiro atoms. The first-order chi connectivity index (χ1) is 28.2. The molecule has 57 heavy (non-hydrogen) atoms. The molecular weight excluding hydrogens is 739 g/mol. The van der Waals surface area contributed by atoms with E-state index in [1.807, 2.05) is 60.7 Å². The van der Waals surface area contributed by atoms with Gasteiger partial charge in [0, 0.05) is 68.5 Å². The zero-order chi connectivity index (χ0) is 37.5. The van der Waals surface area contributed by atoms with Crippen LogP contribution in [-0.2, 0) is 0 Å². The van der Waals surface area contributed by atoms with Gasteiger partial charge < -0.3 is 4.42 Å². The van der Waals surface area contributed by atoms with E-state index in [9.17, 15) is 0 Å². The highest BCUT2D eigenvalue weighted by Crippen LogP contribution is 2.44. The molecule has 5 aromatic heterocycles. The summed E-state index contributed by atoms with van der Waals surface area (Å²) in [4.78, 5) is 26.2. The number of rotatable bonds is 5. The molecule has 0 amide bonds. The molecule has 0 fully saturated rings. The van der Waals surface area contributed by atoms with Crippen molar-refractivity contribution in [2.24, 2.45) is 0 Å². The van der Waals surface area contributed by atoms with Crippen LogP contribution in [0, 0.1) is 0 Å². The molecule has 0 N–H and O–H groups in total. The molecule has 0 bridgehead atoms. The highest BCUT2D eigenvalue weighted by atomic mass is 32.1. The molecular formula is C49H29N5OS2. The molecule has 0 radical (unpaired) electrons. The summed E-state index contributed by atoms with van der Waals surface area (Å²) in [6, 6.07) is 47.8. The quantitative estimate of drug-likeness (QED) is 0.174. The minimum Gasteiger partial charge on any atom is -0.456 e. The Hall–Kier alpha value is -6.87. The van der Waals surface area contributed by atoms with Crippen molar-refractivity contribution in [3.63, 3.8) is 0 Å². The molecule has 6 aromatic carbocycles. The van der Waals surface area contributed by atoms with Crippen molar-refractivity contribution in [2.45, 2.75) is 12.8 Å². The third-order valence-corrected chi connectivity index (χ3v) is 13.2. The van der Waals surface area contributed by atoms with Crippen LogP contribution in [0.15, 0.2) is 144 Å². The lowest BCUT2D eigenvalue weighted by atomic mass is 10.0. The van der Waals surface area contributed by atoms with Crippen molar-refractivity contribution in [3.8, 4) is 56.8 Å². The largest absolute Gasteiger partial charge is 0.456 e. The number of thiophene rings is 2. The third-order valence-electron chi connectivity index (χ3n) is 10.8. The van der Waals surface area contributed by atoms with Crippen LogP contribution in [0.1, 0.15) is 12.8 Å². The zero-order valence-electron chi connectivity index (χ0n) is 30.3. The topological polar surface area (TPSA) is 77.6 Å². The van der Waals surface area contributed by atoms with Crippen LogP contribution in [-0.4, -0.2) is 24.9 Å². The Kier molecular flexibility index (Phi) is 7.30. The number of furan rings is 1. The Bertz CT molecular complexity index is 3530. The van der Waals surface area contributed by atoms with E-state index in [1.165, 1.54) is 9.75 Å². The van der Waals surface area contributed by atoms with E-state index >= 15 is 0 Å². The molecule has 5 heterocycles. The predicted octanol–water partition coefficient (Wildman–Crippen LogP) is 11.8. The summed E-state index contributed by atoms with van der Waals surface area (Å²) in [5, 5.41) is 5.54. The van der Waals surface area contributed by atoms with Gasteiger partial charge in [-0.2, -0.15) is 0 Å². The molecule has 0 saturated heterocycles. The second kappa shape index (κ2) is 12.8. The number of hydrogen-bond donors (Lipinski definition) is 0. The van der Waals surface area contributed by atoms with Crippen LogP contribution in [0.4, 0.5) is 0 Å². The van der Waals surface area contributed by atoms with Gasteiger partial charge in [-0.1, -0.05) is 115 Å². The van der Waals surface area contributed by atoms with Crippen molar-refractivity contribution in [2.75, 3.05) is 0 Å². The number of hydrogen-bond acceptors (Lipinski definition) is 8. The van der Waals surface area contributed by atoms with Crippen molar-refractivity contribution >= 4 is 87.2 Å². The van der Waals surface area contributed by atoms with E-state index in [-0.39, 0.29) is 0 Å². The SMILES string of the molecule is C1=c2sc3c(-c4ccccc4)nc(-c4cccc5c4sc4cccc(-c6nc(-c7ccccc7)nc(-c7ccc8oc9ccccc9c8c7)n6)c45)nc3c2=CCC1. The van der Waals surface area contributed by atoms with Gasteiger partial charge in [0.05, 0.1) is 15.9 Å². The maximum Gasteiger partial charge on any atom is 0.164 e. The maximum absolute atomic E-state index is 6.16. The van der Waals surface area contributed by atoms with Gasteiger partial charge in [0.2, 0.25) is 0 Å². The lowest BCUT2D eigenvalue weighted by Gasteiger charge is -2.10. The first kappa shape index (κ1) is 32.4. The number of benzene rings is 6. The van der Waals surface area contributed by atoms with E-state index in [1.54, 1.807) is 22.7 Å². The number of fused-ring (bicyclic) bond motifs is 9. The molecule has 6 nitrogen and oxygen atoms in total. The summed E-state index contributed by atoms with van der Waals surface area (Å²) in [6.45, 7) is 0. The van der Waals surface area contributed by atoms with Crippen LogP contribution in [0.5, 0.6) is 0 Å². The Balaban J connectivity index is 1.08. The van der Waals surface area contributed by atoms with Gasteiger partial charge >= 0.3 is 0 Å². The molecule has 268 valence electrons. The summed E-state index contributed by atoms with van der Waals surface area (Å²) >= 11 is 3.56. The summed E-state index contributed by atoms with van der Waals surface area (Å²) in [5.41, 5.74) is 8.57. The Morgan fingerprint density at radius 2 is 1.14 bits per heavy atom. The molecule has 12 rings (SSSR count). The van der Waals surface area contributed by atoms with Crippen LogP contribution < -0.4 is 9.75 Å². The highest BCUT2D eigenvalue weighted by molar-refractivity contribution is 7.26. The van der Waals surface area contributed by atoms with E-state index < -0.39 is 0 Å². The molecule has 0 aliphatic heterocycles. The van der Waals surface area contributed by atoms with E-state index in [0.717, 1.165) is 105 Å². The molecule has 1 aliphatic carbocycles. The smallest absolute Gasteiger partial charge is 0.164 e. The van der Waals surface area contributed by atoms with Crippen LogP contribution in [0.3, 0.4) is 0 Å². The Labute approximate surface area is 333 Å². The summed E-state index contributed by atoms with van der Waals surface area (Å²) in [5.74, 6) is 2.57. The van der Waals surface area contributed by atoms with Crippen molar-refractivity contribution in [1.29, 1.82) is 0 Å². The average Bonchev–Trinajstić information content (AvgIpc) is 3.98. The second-order valence-electron chi connectivity index (χ2n) is 14.2. The summed E-state index contributed by atoms with van der Waals surface area (Å²) in [7, 11) is 0. The van der Waals surface area contributed by atoms with Crippen LogP contribution in [0.2, 0.25) is 0 Å². The summed E-state index contributed by atoms with van der Waals surface area (Å²) in [6.07, 6.45) is 6.76. The minimum atomic E-state index is 0.603. The van der Waals surface area contributed by atoms with Gasteiger partial charge in [0.15, 0.2) is 23.3 Å². The first-order valence-corrected chi connectivity index (χ1v) is 20.6. The van der Waals surface area contributed by atoms with Crippen molar-refractivity contribution < 1.29 is 4.42 Å². The molecule has 0 saturated carbocycles. The van der Waals surface area contributed by atoms with Crippen LogP contribution in [0.25, 0.3) is 121 Å². The Morgan fingerprint density at radius 3 is 2.02 bits per heavy atom. The molecule has 1 aliphatic rings. The van der Waals surface area contributed by atoms with Gasteiger partial charge in [0.1, 0.15) is 11.2 Å². The first-order valence-electron chi connectivity index (χ1n) is 19.0. The third kappa shape index (κ3) is 5.25. The number of nitrogens with zero attached hydrogens (tertiary/aromatic N) is 5. The highest BCUT2D eigenvalue weighted by Gasteiger charge is 2.22. The molecule has 0 unspecified atom stereocenters. The van der Waals surface area contributed by atoms with Gasteiger partial charge in [-0.05, 0) is 49.2 Å². The predicted molar refractivity (Wildman–Crippen MR) is 236 cm³/mol. The fourth-order valence-corrected chi connectivity index (χ4v) is 10.6. The normalized spacial score (nSPS) is 12.7. The minimum absolute atomic E-state index is 0.603. The molecule has 8 heteroatoms. The van der Waals surface area contributed by atoms with Crippen molar-refractivity contribution in [3.05, 3.63) is 149 Å². The average molecular weight is 768 g/mol. The van der Waals surface area contributed by atoms with Gasteiger partial charge in [-0.3, -0.25) is 0 Å². The number of para-hydroxylation sites is 1. The zero-order valence-corrected chi connectivity index (χ0v) is 31.9. The standard InChI is InChI=1S/C49H29N5OS2/c1-3-13-28(14-4-1)42-45-43(32-18-8-10-23-39(32)56-45)51-49(50-42)35-21-11-19-33-41-34(20-12-24-40(41)57-44(33)35)48-53-46(29-15-5-2-6-16-29)52-47(54-48)30-25-26-38-36(27-30)31-17-7-9-22-37(31)55-38/h1-7,9,11-27H,8,10H2. The summed E-state index contributed by atoms with van der Waals surface area (Å²) < 4.78 is 10.9. The number of aromatic nitrogens is 5. The fraction of sp³-hybridized carbons (Fsp3) is 0.0408. The maximum atomic E-state index is 6.16. The van der Waals surface area contributed by atoms with E-state index in [4.69, 9.17) is 29.3 Å². The lowest BCUT2D eigenvalue weighted by Crippen LogP contribution is -2.21. The fourth-order valence-electron chi connectivity index (χ4n) is 8.13. The second-order valence-corrected chi connectivity index (χ2v) is 16.4. The van der Waals surface area contributed by atoms with Gasteiger partial charge in [-0.25, -0.2) is 24.9 Å². The van der Waals surface area contributed by atoms with E-state index in [2.05, 4.69) is 91.0 Å². The Morgan fingerprint density at radius 1 is 0.456 bits per heavy atom. The monoisotopic (exact) mass is 767 g/mol.